The first kappa shape index (κ1) is 15.8. The number of carbonyl (C=O) groups is 1. The Labute approximate surface area is 127 Å². The van der Waals surface area contributed by atoms with Crippen LogP contribution in [-0.2, 0) is 0 Å². The molecular weight excluding hydrogens is 264 g/mol. The van der Waals surface area contributed by atoms with Crippen molar-refractivity contribution in [2.24, 2.45) is 5.84 Å². The molecule has 0 aliphatic carbocycles. The van der Waals surface area contributed by atoms with Crippen LogP contribution >= 0.6 is 0 Å². The molecular formula is C16H26N4O. The number of nitrogens with zero attached hydrogens (tertiary/aromatic N) is 2. The summed E-state index contributed by atoms with van der Waals surface area (Å²) in [7, 11) is 0. The molecule has 5 heteroatoms. The van der Waals surface area contributed by atoms with E-state index in [0.717, 1.165) is 49.4 Å². The molecule has 1 aromatic carbocycles. The summed E-state index contributed by atoms with van der Waals surface area (Å²) in [6, 6.07) is 6.10. The van der Waals surface area contributed by atoms with Crippen molar-refractivity contribution in [2.75, 3.05) is 31.6 Å². The molecule has 1 saturated heterocycles. The lowest BCUT2D eigenvalue weighted by Crippen LogP contribution is -2.38. The quantitative estimate of drug-likeness (QED) is 0.641. The van der Waals surface area contributed by atoms with Crippen LogP contribution in [0, 0.1) is 6.92 Å². The molecule has 1 aliphatic heterocycles. The Morgan fingerprint density at radius 1 is 1.43 bits per heavy atom. The van der Waals surface area contributed by atoms with E-state index in [1.807, 2.05) is 30.0 Å². The fraction of sp³-hybridized carbons (Fsp3) is 0.562. The Balaban J connectivity index is 2.06. The summed E-state index contributed by atoms with van der Waals surface area (Å²) in [4.78, 5) is 17.0. The number of anilines is 1. The van der Waals surface area contributed by atoms with E-state index in [-0.39, 0.29) is 5.91 Å². The SMILES string of the molecule is CCN(CC)C1CCN(C(=O)c2ccc(NN)c(C)c2)C1. The van der Waals surface area contributed by atoms with Gasteiger partial charge in [-0.15, -0.1) is 0 Å². The van der Waals surface area contributed by atoms with Crippen LogP contribution < -0.4 is 11.3 Å². The maximum atomic E-state index is 12.6. The fourth-order valence-corrected chi connectivity index (χ4v) is 3.11. The Hall–Kier alpha value is -1.59. The van der Waals surface area contributed by atoms with Crippen molar-refractivity contribution in [1.29, 1.82) is 0 Å². The van der Waals surface area contributed by atoms with E-state index in [0.29, 0.717) is 6.04 Å². The Morgan fingerprint density at radius 2 is 2.14 bits per heavy atom. The lowest BCUT2D eigenvalue weighted by atomic mass is 10.1. The zero-order chi connectivity index (χ0) is 15.4. The molecule has 1 atom stereocenters. The number of nitrogen functional groups attached to an aromatic ring is 1. The van der Waals surface area contributed by atoms with Crippen molar-refractivity contribution in [3.05, 3.63) is 29.3 Å². The molecule has 21 heavy (non-hydrogen) atoms. The average Bonchev–Trinajstić information content (AvgIpc) is 2.97. The molecule has 1 fully saturated rings. The number of hydrogen-bond acceptors (Lipinski definition) is 4. The highest BCUT2D eigenvalue weighted by Crippen LogP contribution is 2.20. The highest BCUT2D eigenvalue weighted by molar-refractivity contribution is 5.95. The third kappa shape index (κ3) is 3.36. The number of likely N-dealkylation sites (N-methyl/N-ethyl adjacent to an activating group) is 1. The summed E-state index contributed by atoms with van der Waals surface area (Å²) in [6.45, 7) is 10.1. The summed E-state index contributed by atoms with van der Waals surface area (Å²) in [5.41, 5.74) is 5.22. The number of carbonyl (C=O) groups excluding carboxylic acids is 1. The van der Waals surface area contributed by atoms with Gasteiger partial charge in [0, 0.05) is 24.7 Å². The van der Waals surface area contributed by atoms with Crippen LogP contribution in [0.5, 0.6) is 0 Å². The maximum absolute atomic E-state index is 12.6. The smallest absolute Gasteiger partial charge is 0.253 e. The van der Waals surface area contributed by atoms with Gasteiger partial charge in [-0.1, -0.05) is 13.8 Å². The van der Waals surface area contributed by atoms with Crippen LogP contribution in [0.15, 0.2) is 18.2 Å². The van der Waals surface area contributed by atoms with Gasteiger partial charge in [-0.3, -0.25) is 15.5 Å². The summed E-state index contributed by atoms with van der Waals surface area (Å²) < 4.78 is 0. The van der Waals surface area contributed by atoms with E-state index < -0.39 is 0 Å². The number of amides is 1. The molecule has 5 nitrogen and oxygen atoms in total. The van der Waals surface area contributed by atoms with E-state index in [1.54, 1.807) is 0 Å². The van der Waals surface area contributed by atoms with Crippen LogP contribution in [0.25, 0.3) is 0 Å². The minimum atomic E-state index is 0.122. The predicted molar refractivity (Wildman–Crippen MR) is 86.2 cm³/mol. The second-order valence-electron chi connectivity index (χ2n) is 5.59. The monoisotopic (exact) mass is 290 g/mol. The molecule has 1 aromatic rings. The van der Waals surface area contributed by atoms with E-state index in [9.17, 15) is 4.79 Å². The second kappa shape index (κ2) is 6.91. The lowest BCUT2D eigenvalue weighted by molar-refractivity contribution is 0.0778. The average molecular weight is 290 g/mol. The largest absolute Gasteiger partial charge is 0.337 e. The number of benzene rings is 1. The predicted octanol–water partition coefficient (Wildman–Crippen LogP) is 1.84. The zero-order valence-corrected chi connectivity index (χ0v) is 13.2. The van der Waals surface area contributed by atoms with Crippen molar-refractivity contribution in [3.63, 3.8) is 0 Å². The minimum Gasteiger partial charge on any atom is -0.337 e. The van der Waals surface area contributed by atoms with Gasteiger partial charge in [-0.2, -0.15) is 0 Å². The molecule has 0 aromatic heterocycles. The number of rotatable bonds is 5. The second-order valence-corrected chi connectivity index (χ2v) is 5.59. The standard InChI is InChI=1S/C16H26N4O/c1-4-19(5-2)14-8-9-20(11-14)16(21)13-6-7-15(18-17)12(3)10-13/h6-7,10,14,18H,4-5,8-9,11,17H2,1-3H3. The Morgan fingerprint density at radius 3 is 2.71 bits per heavy atom. The van der Waals surface area contributed by atoms with Crippen LogP contribution in [0.1, 0.15) is 36.2 Å². The number of hydrazine groups is 1. The molecule has 3 N–H and O–H groups in total. The number of nitrogens with two attached hydrogens (primary N) is 1. The number of likely N-dealkylation sites (tertiary alicyclic amines) is 1. The number of hydrogen-bond donors (Lipinski definition) is 2. The molecule has 0 bridgehead atoms. The van der Waals surface area contributed by atoms with Crippen LogP contribution in [0.2, 0.25) is 0 Å². The molecule has 0 spiro atoms. The Bertz CT molecular complexity index is 499. The van der Waals surface area contributed by atoms with Gasteiger partial charge in [0.15, 0.2) is 0 Å². The van der Waals surface area contributed by atoms with Gasteiger partial charge in [0.1, 0.15) is 0 Å². The van der Waals surface area contributed by atoms with Gasteiger partial charge in [0.25, 0.3) is 5.91 Å². The van der Waals surface area contributed by atoms with Gasteiger partial charge < -0.3 is 10.3 Å². The molecule has 0 saturated carbocycles. The zero-order valence-electron chi connectivity index (χ0n) is 13.2. The highest BCUT2D eigenvalue weighted by Gasteiger charge is 2.29. The van der Waals surface area contributed by atoms with Gasteiger partial charge in [0.05, 0.1) is 5.69 Å². The minimum absolute atomic E-state index is 0.122. The summed E-state index contributed by atoms with van der Waals surface area (Å²) in [5, 5.41) is 0. The topological polar surface area (TPSA) is 61.6 Å². The van der Waals surface area contributed by atoms with E-state index in [1.165, 1.54) is 0 Å². The first-order chi connectivity index (χ1) is 10.1. The van der Waals surface area contributed by atoms with Crippen molar-refractivity contribution in [2.45, 2.75) is 33.2 Å². The van der Waals surface area contributed by atoms with Gasteiger partial charge in [0.2, 0.25) is 0 Å². The lowest BCUT2D eigenvalue weighted by Gasteiger charge is -2.26. The van der Waals surface area contributed by atoms with E-state index in [2.05, 4.69) is 24.2 Å². The van der Waals surface area contributed by atoms with Crippen molar-refractivity contribution in [3.8, 4) is 0 Å². The first-order valence-corrected chi connectivity index (χ1v) is 7.71. The fourth-order valence-electron chi connectivity index (χ4n) is 3.11. The molecule has 116 valence electrons. The van der Waals surface area contributed by atoms with Crippen LogP contribution in [0.4, 0.5) is 5.69 Å². The first-order valence-electron chi connectivity index (χ1n) is 7.71. The maximum Gasteiger partial charge on any atom is 0.253 e. The van der Waals surface area contributed by atoms with Gasteiger partial charge in [-0.25, -0.2) is 0 Å². The van der Waals surface area contributed by atoms with Crippen LogP contribution in [0.3, 0.4) is 0 Å². The third-order valence-corrected chi connectivity index (χ3v) is 4.41. The Kier molecular flexibility index (Phi) is 5.20. The van der Waals surface area contributed by atoms with E-state index >= 15 is 0 Å². The molecule has 1 heterocycles. The van der Waals surface area contributed by atoms with E-state index in [4.69, 9.17) is 5.84 Å². The third-order valence-electron chi connectivity index (χ3n) is 4.41. The summed E-state index contributed by atoms with van der Waals surface area (Å²) in [5.74, 6) is 5.55. The molecule has 1 aliphatic rings. The number of nitrogens with one attached hydrogen (secondary N) is 1. The van der Waals surface area contributed by atoms with Crippen molar-refractivity contribution >= 4 is 11.6 Å². The van der Waals surface area contributed by atoms with Gasteiger partial charge >= 0.3 is 0 Å². The summed E-state index contributed by atoms with van der Waals surface area (Å²) >= 11 is 0. The van der Waals surface area contributed by atoms with Crippen LogP contribution in [-0.4, -0.2) is 47.9 Å². The summed E-state index contributed by atoms with van der Waals surface area (Å²) in [6.07, 6.45) is 1.06. The molecule has 1 unspecified atom stereocenters. The van der Waals surface area contributed by atoms with Crippen molar-refractivity contribution < 1.29 is 4.79 Å². The molecule has 1 amide bonds. The molecule has 2 rings (SSSR count). The van der Waals surface area contributed by atoms with Gasteiger partial charge in [-0.05, 0) is 50.2 Å². The molecule has 0 radical (unpaired) electrons. The normalized spacial score (nSPS) is 18.3. The van der Waals surface area contributed by atoms with Crippen molar-refractivity contribution in [1.82, 2.24) is 9.80 Å². The number of aryl methyl sites for hydroxylation is 1. The highest BCUT2D eigenvalue weighted by atomic mass is 16.2.